The summed E-state index contributed by atoms with van der Waals surface area (Å²) in [6.07, 6.45) is 3.62. The van der Waals surface area contributed by atoms with Gasteiger partial charge in [0.1, 0.15) is 0 Å². The molecule has 24 heavy (non-hydrogen) atoms. The monoisotopic (exact) mass is 319 g/mol. The maximum atomic E-state index is 12.7. The summed E-state index contributed by atoms with van der Waals surface area (Å²) in [6.45, 7) is 3.31. The highest BCUT2D eigenvalue weighted by Crippen LogP contribution is 2.27. The van der Waals surface area contributed by atoms with Crippen molar-refractivity contribution in [2.45, 2.75) is 25.3 Å². The van der Waals surface area contributed by atoms with Crippen LogP contribution in [0, 0.1) is 17.2 Å². The Kier molecular flexibility index (Phi) is 3.95. The molecular formula is C20H21N3O. The van der Waals surface area contributed by atoms with Crippen LogP contribution in [0.15, 0.2) is 36.4 Å². The Balaban J connectivity index is 1.53. The predicted molar refractivity (Wildman–Crippen MR) is 93.7 cm³/mol. The minimum absolute atomic E-state index is 0.00763. The van der Waals surface area contributed by atoms with Gasteiger partial charge in [0.2, 0.25) is 0 Å². The largest absolute Gasteiger partial charge is 0.348 e. The number of nitrogens with one attached hydrogen (secondary N) is 1. The van der Waals surface area contributed by atoms with Gasteiger partial charge >= 0.3 is 0 Å². The second kappa shape index (κ2) is 6.26. The van der Waals surface area contributed by atoms with E-state index in [1.165, 1.54) is 25.9 Å². The van der Waals surface area contributed by atoms with E-state index in [1.807, 2.05) is 30.3 Å². The molecule has 2 bridgehead atoms. The van der Waals surface area contributed by atoms with E-state index < -0.39 is 0 Å². The van der Waals surface area contributed by atoms with Crippen molar-refractivity contribution in [3.05, 3.63) is 47.5 Å². The number of nitrogens with zero attached hydrogens (tertiary/aromatic N) is 2. The van der Waals surface area contributed by atoms with Gasteiger partial charge in [-0.3, -0.25) is 4.79 Å². The van der Waals surface area contributed by atoms with E-state index in [1.54, 1.807) is 6.07 Å². The van der Waals surface area contributed by atoms with Crippen LogP contribution >= 0.6 is 0 Å². The first-order chi connectivity index (χ1) is 11.7. The van der Waals surface area contributed by atoms with Gasteiger partial charge in [-0.1, -0.05) is 12.1 Å². The number of hydrogen-bond acceptors (Lipinski definition) is 3. The van der Waals surface area contributed by atoms with Crippen LogP contribution in [0.25, 0.3) is 10.8 Å². The lowest BCUT2D eigenvalue weighted by Crippen LogP contribution is -2.41. The molecule has 0 aromatic heterocycles. The zero-order chi connectivity index (χ0) is 16.5. The average Bonchev–Trinajstić information content (AvgIpc) is 2.93. The number of amides is 1. The van der Waals surface area contributed by atoms with Gasteiger partial charge in [0.25, 0.3) is 5.91 Å². The van der Waals surface area contributed by atoms with Crippen molar-refractivity contribution < 1.29 is 4.79 Å². The van der Waals surface area contributed by atoms with E-state index in [4.69, 9.17) is 5.26 Å². The highest BCUT2D eigenvalue weighted by atomic mass is 16.1. The van der Waals surface area contributed by atoms with Gasteiger partial charge < -0.3 is 10.2 Å². The van der Waals surface area contributed by atoms with E-state index in [-0.39, 0.29) is 11.9 Å². The normalized spacial score (nSPS) is 25.9. The van der Waals surface area contributed by atoms with E-state index in [9.17, 15) is 4.79 Å². The van der Waals surface area contributed by atoms with Crippen LogP contribution in [0.1, 0.15) is 35.2 Å². The van der Waals surface area contributed by atoms with Gasteiger partial charge in [-0.05, 0) is 73.3 Å². The quantitative estimate of drug-likeness (QED) is 0.926. The van der Waals surface area contributed by atoms with Crippen molar-refractivity contribution in [3.8, 4) is 6.07 Å². The smallest absolute Gasteiger partial charge is 0.251 e. The van der Waals surface area contributed by atoms with Crippen LogP contribution in [-0.2, 0) is 0 Å². The number of benzene rings is 2. The molecule has 0 radical (unpaired) electrons. The lowest BCUT2D eigenvalue weighted by atomic mass is 9.94. The summed E-state index contributed by atoms with van der Waals surface area (Å²) in [7, 11) is 0. The number of nitriles is 1. The van der Waals surface area contributed by atoms with E-state index in [0.717, 1.165) is 29.7 Å². The molecule has 1 atom stereocenters. The number of carbonyl (C=O) groups is 1. The summed E-state index contributed by atoms with van der Waals surface area (Å²) >= 11 is 0. The summed E-state index contributed by atoms with van der Waals surface area (Å²) in [5, 5.41) is 14.2. The van der Waals surface area contributed by atoms with Gasteiger partial charge in [-0.15, -0.1) is 0 Å². The van der Waals surface area contributed by atoms with Crippen molar-refractivity contribution in [3.63, 3.8) is 0 Å². The Morgan fingerprint density at radius 1 is 1.12 bits per heavy atom. The van der Waals surface area contributed by atoms with E-state index in [0.29, 0.717) is 11.1 Å². The molecule has 0 unspecified atom stereocenters. The maximum absolute atomic E-state index is 12.7. The lowest BCUT2D eigenvalue weighted by Gasteiger charge is -2.26. The Labute approximate surface area is 142 Å². The minimum atomic E-state index is -0.00763. The second-order valence-electron chi connectivity index (χ2n) is 7.04. The van der Waals surface area contributed by atoms with Crippen molar-refractivity contribution in [2.24, 2.45) is 5.92 Å². The highest BCUT2D eigenvalue weighted by molar-refractivity contribution is 5.99. The van der Waals surface area contributed by atoms with E-state index >= 15 is 0 Å². The molecule has 2 aromatic carbocycles. The van der Waals surface area contributed by atoms with Crippen molar-refractivity contribution in [2.75, 3.05) is 19.6 Å². The molecule has 0 aliphatic carbocycles. The molecule has 4 heteroatoms. The molecular weight excluding hydrogens is 298 g/mol. The minimum Gasteiger partial charge on any atom is -0.348 e. The van der Waals surface area contributed by atoms with Gasteiger partial charge in [0.05, 0.1) is 11.6 Å². The second-order valence-corrected chi connectivity index (χ2v) is 7.04. The maximum Gasteiger partial charge on any atom is 0.251 e. The molecule has 3 aliphatic heterocycles. The standard InChI is InChI=1S/C20H21N3O/c21-12-15-1-2-16-3-4-17(11-18(16)9-15)20(24)22-19-10-14-5-7-23(13-19)8-6-14/h1-4,9,11,14,19H,5-8,10,13H2,(H,22,24)/t19-/m1/s1. The molecule has 122 valence electrons. The zero-order valence-electron chi connectivity index (χ0n) is 13.7. The highest BCUT2D eigenvalue weighted by Gasteiger charge is 2.29. The number of rotatable bonds is 2. The average molecular weight is 319 g/mol. The fraction of sp³-hybridized carbons (Fsp3) is 0.400. The summed E-state index contributed by atoms with van der Waals surface area (Å²) in [5.74, 6) is 0.746. The Morgan fingerprint density at radius 3 is 2.71 bits per heavy atom. The van der Waals surface area contributed by atoms with Crippen molar-refractivity contribution >= 4 is 16.7 Å². The molecule has 3 heterocycles. The van der Waals surface area contributed by atoms with E-state index in [2.05, 4.69) is 16.3 Å². The van der Waals surface area contributed by atoms with Crippen LogP contribution < -0.4 is 5.32 Å². The number of piperidine rings is 1. The molecule has 0 saturated carbocycles. The third-order valence-corrected chi connectivity index (χ3v) is 5.37. The SMILES string of the molecule is N#Cc1ccc2ccc(C(=O)N[C@@H]3CC4CCN(CC4)C3)cc2c1. The van der Waals surface area contributed by atoms with Crippen molar-refractivity contribution in [1.82, 2.24) is 10.2 Å². The summed E-state index contributed by atoms with van der Waals surface area (Å²) in [5.41, 5.74) is 1.29. The molecule has 3 fully saturated rings. The molecule has 5 rings (SSSR count). The molecule has 2 aromatic rings. The van der Waals surface area contributed by atoms with Gasteiger partial charge in [0.15, 0.2) is 0 Å². The van der Waals surface area contributed by atoms with Crippen LogP contribution in [0.4, 0.5) is 0 Å². The van der Waals surface area contributed by atoms with Crippen LogP contribution in [0.2, 0.25) is 0 Å². The fourth-order valence-corrected chi connectivity index (χ4v) is 4.02. The third-order valence-electron chi connectivity index (χ3n) is 5.37. The Hall–Kier alpha value is -2.38. The van der Waals surface area contributed by atoms with Gasteiger partial charge in [-0.25, -0.2) is 0 Å². The molecule has 1 N–H and O–H groups in total. The Bertz CT molecular complexity index is 801. The molecule has 3 saturated heterocycles. The topological polar surface area (TPSA) is 56.1 Å². The molecule has 1 amide bonds. The summed E-state index contributed by atoms with van der Waals surface area (Å²) in [4.78, 5) is 15.1. The molecule has 3 aliphatic rings. The first-order valence-electron chi connectivity index (χ1n) is 8.68. The number of hydrogen-bond donors (Lipinski definition) is 1. The summed E-state index contributed by atoms with van der Waals surface area (Å²) in [6, 6.07) is 13.7. The third kappa shape index (κ3) is 3.00. The van der Waals surface area contributed by atoms with Crippen LogP contribution in [0.3, 0.4) is 0 Å². The van der Waals surface area contributed by atoms with Crippen molar-refractivity contribution in [1.29, 1.82) is 5.26 Å². The molecule has 4 nitrogen and oxygen atoms in total. The zero-order valence-corrected chi connectivity index (χ0v) is 13.7. The first kappa shape index (κ1) is 15.2. The number of fused-ring (bicyclic) bond motifs is 5. The van der Waals surface area contributed by atoms with Crippen LogP contribution in [0.5, 0.6) is 0 Å². The molecule has 0 spiro atoms. The number of carbonyl (C=O) groups excluding carboxylic acids is 1. The fourth-order valence-electron chi connectivity index (χ4n) is 4.02. The Morgan fingerprint density at radius 2 is 1.92 bits per heavy atom. The van der Waals surface area contributed by atoms with Gasteiger partial charge in [0, 0.05) is 18.2 Å². The summed E-state index contributed by atoms with van der Waals surface area (Å²) < 4.78 is 0. The van der Waals surface area contributed by atoms with Gasteiger partial charge in [-0.2, -0.15) is 5.26 Å². The lowest BCUT2D eigenvalue weighted by molar-refractivity contribution is 0.0929. The predicted octanol–water partition coefficient (Wildman–Crippen LogP) is 2.93. The van der Waals surface area contributed by atoms with Crippen LogP contribution in [-0.4, -0.2) is 36.5 Å². The first-order valence-corrected chi connectivity index (χ1v) is 8.68.